The Balaban J connectivity index is 1.45. The van der Waals surface area contributed by atoms with E-state index < -0.39 is 5.60 Å². The van der Waals surface area contributed by atoms with E-state index in [0.29, 0.717) is 19.5 Å². The lowest BCUT2D eigenvalue weighted by Gasteiger charge is -2.35. The number of benzene rings is 2. The van der Waals surface area contributed by atoms with Gasteiger partial charge < -0.3 is 14.5 Å². The molecule has 0 aromatic heterocycles. The molecular formula is C25H30N2O3. The Morgan fingerprint density at radius 1 is 0.900 bits per heavy atom. The van der Waals surface area contributed by atoms with E-state index in [-0.39, 0.29) is 30.0 Å². The lowest BCUT2D eigenvalue weighted by molar-refractivity contribution is -0.133. The zero-order chi connectivity index (χ0) is 21.3. The summed E-state index contributed by atoms with van der Waals surface area (Å²) in [7, 11) is 0. The van der Waals surface area contributed by atoms with Gasteiger partial charge in [0.15, 0.2) is 0 Å². The van der Waals surface area contributed by atoms with Gasteiger partial charge in [0.2, 0.25) is 5.91 Å². The Kier molecular flexibility index (Phi) is 5.54. The van der Waals surface area contributed by atoms with Crippen molar-refractivity contribution in [2.45, 2.75) is 57.2 Å². The van der Waals surface area contributed by atoms with Crippen LogP contribution in [0.25, 0.3) is 0 Å². The first-order valence-corrected chi connectivity index (χ1v) is 10.7. The zero-order valence-electron chi connectivity index (χ0n) is 18.0. The molecule has 2 amide bonds. The molecule has 158 valence electrons. The van der Waals surface area contributed by atoms with Crippen LogP contribution in [0.2, 0.25) is 0 Å². The molecule has 2 aromatic rings. The van der Waals surface area contributed by atoms with Gasteiger partial charge in [0.1, 0.15) is 5.60 Å². The molecule has 2 aromatic carbocycles. The summed E-state index contributed by atoms with van der Waals surface area (Å²) in [6.45, 7) is 6.79. The van der Waals surface area contributed by atoms with Crippen LogP contribution in [0.1, 0.15) is 50.7 Å². The van der Waals surface area contributed by atoms with Crippen LogP contribution < -0.4 is 0 Å². The summed E-state index contributed by atoms with van der Waals surface area (Å²) < 4.78 is 5.53. The normalized spacial score (nSPS) is 20.7. The van der Waals surface area contributed by atoms with E-state index in [0.717, 1.165) is 17.5 Å². The highest BCUT2D eigenvalue weighted by molar-refractivity contribution is 5.79. The summed E-state index contributed by atoms with van der Waals surface area (Å²) in [4.78, 5) is 29.5. The fraction of sp³-hybridized carbons (Fsp3) is 0.440. The number of rotatable bonds is 4. The molecule has 2 bridgehead atoms. The highest BCUT2D eigenvalue weighted by Gasteiger charge is 2.48. The van der Waals surface area contributed by atoms with E-state index in [4.69, 9.17) is 4.74 Å². The number of likely N-dealkylation sites (tertiary alicyclic amines) is 2. The Bertz CT molecular complexity index is 852. The Labute approximate surface area is 178 Å². The number of carbonyl (C=O) groups is 2. The summed E-state index contributed by atoms with van der Waals surface area (Å²) in [6.07, 6.45) is 1.00. The predicted molar refractivity (Wildman–Crippen MR) is 116 cm³/mol. The van der Waals surface area contributed by atoms with Crippen LogP contribution in [0.5, 0.6) is 0 Å². The molecule has 0 unspecified atom stereocenters. The predicted octanol–water partition coefficient (Wildman–Crippen LogP) is 4.43. The van der Waals surface area contributed by atoms with Crippen LogP contribution in [0, 0.1) is 0 Å². The molecule has 0 aliphatic carbocycles. The van der Waals surface area contributed by atoms with Crippen LogP contribution in [-0.4, -0.2) is 52.6 Å². The highest BCUT2D eigenvalue weighted by atomic mass is 16.6. The number of piperazine rings is 1. The van der Waals surface area contributed by atoms with Crippen molar-refractivity contribution in [1.82, 2.24) is 9.80 Å². The molecule has 0 N–H and O–H groups in total. The average Bonchev–Trinajstić information content (AvgIpc) is 3.33. The third kappa shape index (κ3) is 4.35. The topological polar surface area (TPSA) is 49.9 Å². The standard InChI is InChI=1S/C25H30N2O3/c1-25(2,3)30-24(29)27-17-20-14-21(27)16-26(20)23(28)15-22(18-10-6-4-7-11-18)19-12-8-5-9-13-19/h4-13,20-22H,14-17H2,1-3H3/t20-,21-/m0/s1. The average molecular weight is 407 g/mol. The SMILES string of the molecule is CC(C)(C)OC(=O)N1C[C@@H]2C[C@H]1CN2C(=O)CC(c1ccccc1)c1ccccc1. The number of fused-ring (bicyclic) bond motifs is 2. The van der Waals surface area contributed by atoms with E-state index in [2.05, 4.69) is 24.3 Å². The maximum Gasteiger partial charge on any atom is 0.410 e. The van der Waals surface area contributed by atoms with Gasteiger partial charge in [-0.05, 0) is 38.3 Å². The Morgan fingerprint density at radius 2 is 1.40 bits per heavy atom. The molecule has 4 rings (SSSR count). The van der Waals surface area contributed by atoms with Gasteiger partial charge in [0.25, 0.3) is 0 Å². The first-order chi connectivity index (χ1) is 14.3. The van der Waals surface area contributed by atoms with Crippen molar-refractivity contribution >= 4 is 12.0 Å². The fourth-order valence-corrected chi connectivity index (χ4v) is 4.61. The maximum absolute atomic E-state index is 13.3. The molecule has 2 atom stereocenters. The number of ether oxygens (including phenoxy) is 1. The lowest BCUT2D eigenvalue weighted by Crippen LogP contribution is -2.51. The van der Waals surface area contributed by atoms with Crippen LogP contribution >= 0.6 is 0 Å². The van der Waals surface area contributed by atoms with Gasteiger partial charge in [-0.3, -0.25) is 4.79 Å². The molecule has 0 radical (unpaired) electrons. The zero-order valence-corrected chi connectivity index (χ0v) is 18.0. The second-order valence-corrected chi connectivity index (χ2v) is 9.30. The molecule has 2 heterocycles. The fourth-order valence-electron chi connectivity index (χ4n) is 4.61. The summed E-state index contributed by atoms with van der Waals surface area (Å²) in [5.74, 6) is 0.185. The molecule has 0 spiro atoms. The monoisotopic (exact) mass is 406 g/mol. The van der Waals surface area contributed by atoms with Crippen LogP contribution in [0.3, 0.4) is 0 Å². The molecule has 2 aliphatic rings. The van der Waals surface area contributed by atoms with Crippen LogP contribution in [0.4, 0.5) is 4.79 Å². The number of hydrogen-bond acceptors (Lipinski definition) is 3. The van der Waals surface area contributed by atoms with Gasteiger partial charge in [-0.2, -0.15) is 0 Å². The van der Waals surface area contributed by atoms with Crippen molar-refractivity contribution in [3.63, 3.8) is 0 Å². The van der Waals surface area contributed by atoms with Crippen molar-refractivity contribution < 1.29 is 14.3 Å². The molecule has 30 heavy (non-hydrogen) atoms. The molecule has 2 aliphatic heterocycles. The molecule has 5 heteroatoms. The van der Waals surface area contributed by atoms with Gasteiger partial charge in [0.05, 0.1) is 12.1 Å². The van der Waals surface area contributed by atoms with Crippen molar-refractivity contribution in [2.24, 2.45) is 0 Å². The summed E-state index contributed by atoms with van der Waals surface area (Å²) in [5, 5.41) is 0. The van der Waals surface area contributed by atoms with Gasteiger partial charge in [-0.1, -0.05) is 60.7 Å². The molecule has 2 fully saturated rings. The highest BCUT2D eigenvalue weighted by Crippen LogP contribution is 2.35. The number of nitrogens with zero attached hydrogens (tertiary/aromatic N) is 2. The number of amides is 2. The minimum atomic E-state index is -0.507. The summed E-state index contributed by atoms with van der Waals surface area (Å²) in [5.41, 5.74) is 1.79. The molecule has 2 saturated heterocycles. The number of hydrogen-bond donors (Lipinski definition) is 0. The minimum Gasteiger partial charge on any atom is -0.444 e. The van der Waals surface area contributed by atoms with E-state index in [9.17, 15) is 9.59 Å². The van der Waals surface area contributed by atoms with Crippen molar-refractivity contribution in [1.29, 1.82) is 0 Å². The molecule has 0 saturated carbocycles. The van der Waals surface area contributed by atoms with Gasteiger partial charge >= 0.3 is 6.09 Å². The van der Waals surface area contributed by atoms with Crippen LogP contribution in [-0.2, 0) is 9.53 Å². The van der Waals surface area contributed by atoms with E-state index in [1.165, 1.54) is 0 Å². The first kappa shape index (κ1) is 20.5. The van der Waals surface area contributed by atoms with Crippen molar-refractivity contribution in [3.8, 4) is 0 Å². The summed E-state index contributed by atoms with van der Waals surface area (Å²) >= 11 is 0. The maximum atomic E-state index is 13.3. The lowest BCUT2D eigenvalue weighted by atomic mass is 9.88. The molecular weight excluding hydrogens is 376 g/mol. The third-order valence-electron chi connectivity index (χ3n) is 5.97. The van der Waals surface area contributed by atoms with E-state index in [1.807, 2.05) is 62.1 Å². The third-order valence-corrected chi connectivity index (χ3v) is 5.97. The Hall–Kier alpha value is -2.82. The second kappa shape index (κ2) is 8.13. The van der Waals surface area contributed by atoms with E-state index in [1.54, 1.807) is 4.90 Å². The van der Waals surface area contributed by atoms with Crippen molar-refractivity contribution in [2.75, 3.05) is 13.1 Å². The summed E-state index contributed by atoms with van der Waals surface area (Å²) in [6, 6.07) is 20.6. The van der Waals surface area contributed by atoms with E-state index >= 15 is 0 Å². The second-order valence-electron chi connectivity index (χ2n) is 9.30. The first-order valence-electron chi connectivity index (χ1n) is 10.7. The Morgan fingerprint density at radius 3 is 1.87 bits per heavy atom. The van der Waals surface area contributed by atoms with Crippen LogP contribution in [0.15, 0.2) is 60.7 Å². The number of carbonyl (C=O) groups excluding carboxylic acids is 2. The van der Waals surface area contributed by atoms with Crippen molar-refractivity contribution in [3.05, 3.63) is 71.8 Å². The smallest absolute Gasteiger partial charge is 0.410 e. The van der Waals surface area contributed by atoms with Gasteiger partial charge in [-0.15, -0.1) is 0 Å². The van der Waals surface area contributed by atoms with Gasteiger partial charge in [-0.25, -0.2) is 4.79 Å². The minimum absolute atomic E-state index is 0.0287. The largest absolute Gasteiger partial charge is 0.444 e. The molecule has 5 nitrogen and oxygen atoms in total. The van der Waals surface area contributed by atoms with Gasteiger partial charge in [0, 0.05) is 25.4 Å². The quantitative estimate of drug-likeness (QED) is 0.755.